The molecule has 1 amide bonds. The number of amides is 1. The highest BCUT2D eigenvalue weighted by Crippen LogP contribution is 2.70. The molecule has 164 valence electrons. The normalized spacial score (nSPS) is 29.4. The number of nitrogens with zero attached hydrogens (tertiary/aromatic N) is 3. The minimum Gasteiger partial charge on any atom is -0.308 e. The number of aromatic nitrogens is 2. The van der Waals surface area contributed by atoms with Gasteiger partial charge in [-0.05, 0) is 55.4 Å². The number of para-hydroxylation sites is 1. The third-order valence-electron chi connectivity index (χ3n) is 8.87. The molecule has 0 radical (unpaired) electrons. The predicted molar refractivity (Wildman–Crippen MR) is 129 cm³/mol. The van der Waals surface area contributed by atoms with E-state index in [0.717, 1.165) is 41.9 Å². The van der Waals surface area contributed by atoms with E-state index in [4.69, 9.17) is 33.2 Å². The van der Waals surface area contributed by atoms with Crippen molar-refractivity contribution in [3.05, 3.63) is 63.4 Å². The van der Waals surface area contributed by atoms with E-state index in [1.165, 1.54) is 5.56 Å². The Morgan fingerprint density at radius 3 is 2.31 bits per heavy atom. The minimum atomic E-state index is -0.726. The average molecular weight is 466 g/mol. The molecule has 0 spiro atoms. The lowest BCUT2D eigenvalue weighted by Crippen LogP contribution is -2.54. The molecule has 2 heterocycles. The number of carbonyl (C=O) groups is 1. The largest absolute Gasteiger partial charge is 0.308 e. The third kappa shape index (κ3) is 2.18. The van der Waals surface area contributed by atoms with Crippen LogP contribution in [-0.4, -0.2) is 21.9 Å². The van der Waals surface area contributed by atoms with Gasteiger partial charge in [-0.3, -0.25) is 4.79 Å². The zero-order valence-electron chi connectivity index (χ0n) is 18.7. The Bertz CT molecular complexity index is 1340. The summed E-state index contributed by atoms with van der Waals surface area (Å²) in [7, 11) is 0. The average Bonchev–Trinajstić information content (AvgIpc) is 3.24. The van der Waals surface area contributed by atoms with Crippen LogP contribution >= 0.6 is 23.2 Å². The molecule has 1 aliphatic heterocycles. The molecule has 6 heteroatoms. The molecule has 6 rings (SSSR count). The fourth-order valence-electron chi connectivity index (χ4n) is 6.65. The second-order valence-electron chi connectivity index (χ2n) is 10.4. The van der Waals surface area contributed by atoms with Gasteiger partial charge in [0.15, 0.2) is 0 Å². The molecule has 3 aromatic rings. The van der Waals surface area contributed by atoms with Crippen LogP contribution in [0, 0.1) is 5.41 Å². The third-order valence-corrected chi connectivity index (χ3v) is 9.59. The molecule has 1 saturated carbocycles. The van der Waals surface area contributed by atoms with Crippen molar-refractivity contribution in [2.45, 2.75) is 63.8 Å². The van der Waals surface area contributed by atoms with Crippen molar-refractivity contribution < 1.29 is 4.79 Å². The maximum atomic E-state index is 14.6. The Kier molecular flexibility index (Phi) is 3.98. The van der Waals surface area contributed by atoms with Crippen molar-refractivity contribution in [1.82, 2.24) is 9.97 Å². The number of fused-ring (bicyclic) bond motifs is 7. The van der Waals surface area contributed by atoms with E-state index < -0.39 is 5.41 Å². The molecule has 3 unspecified atom stereocenters. The van der Waals surface area contributed by atoms with E-state index >= 15 is 0 Å². The van der Waals surface area contributed by atoms with Crippen LogP contribution in [0.2, 0.25) is 10.0 Å². The molecule has 0 saturated heterocycles. The van der Waals surface area contributed by atoms with Crippen molar-refractivity contribution in [3.8, 4) is 0 Å². The molecular formula is C26H25Cl2N3O. The topological polar surface area (TPSA) is 46.1 Å². The van der Waals surface area contributed by atoms with Crippen molar-refractivity contribution in [3.63, 3.8) is 0 Å². The van der Waals surface area contributed by atoms with E-state index in [2.05, 4.69) is 39.8 Å². The summed E-state index contributed by atoms with van der Waals surface area (Å²) in [6.45, 7) is 8.82. The minimum absolute atomic E-state index is 0.114. The molecule has 3 atom stereocenters. The van der Waals surface area contributed by atoms with Gasteiger partial charge in [0.05, 0.1) is 37.9 Å². The summed E-state index contributed by atoms with van der Waals surface area (Å²) in [6.07, 6.45) is 2.55. The number of halogens is 2. The maximum Gasteiger partial charge on any atom is 0.240 e. The molecule has 2 aromatic carbocycles. The molecular weight excluding hydrogens is 441 g/mol. The van der Waals surface area contributed by atoms with E-state index in [0.29, 0.717) is 15.6 Å². The number of hydrogen-bond donors (Lipinski definition) is 0. The van der Waals surface area contributed by atoms with Crippen LogP contribution in [0.25, 0.3) is 11.0 Å². The molecule has 32 heavy (non-hydrogen) atoms. The first-order chi connectivity index (χ1) is 15.1. The molecule has 2 bridgehead atoms. The molecule has 2 aliphatic carbocycles. The number of anilines is 1. The molecule has 1 fully saturated rings. The van der Waals surface area contributed by atoms with Crippen molar-refractivity contribution in [1.29, 1.82) is 0 Å². The highest BCUT2D eigenvalue weighted by atomic mass is 35.5. The van der Waals surface area contributed by atoms with E-state index in [9.17, 15) is 4.79 Å². The van der Waals surface area contributed by atoms with Crippen LogP contribution in [0.4, 0.5) is 5.69 Å². The maximum absolute atomic E-state index is 14.6. The van der Waals surface area contributed by atoms with Gasteiger partial charge < -0.3 is 4.90 Å². The van der Waals surface area contributed by atoms with E-state index in [1.54, 1.807) is 12.1 Å². The van der Waals surface area contributed by atoms with Crippen LogP contribution in [0.5, 0.6) is 0 Å². The summed E-state index contributed by atoms with van der Waals surface area (Å²) < 4.78 is 0. The van der Waals surface area contributed by atoms with Gasteiger partial charge in [0.2, 0.25) is 5.91 Å². The van der Waals surface area contributed by atoms with Crippen LogP contribution in [0.3, 0.4) is 0 Å². The quantitative estimate of drug-likeness (QED) is 0.426. The molecule has 3 aliphatic rings. The summed E-state index contributed by atoms with van der Waals surface area (Å²) in [5.41, 5.74) is 4.13. The number of carbonyl (C=O) groups excluding carboxylic acids is 1. The molecule has 4 nitrogen and oxygen atoms in total. The summed E-state index contributed by atoms with van der Waals surface area (Å²) >= 11 is 12.6. The Labute approximate surface area is 197 Å². The predicted octanol–water partition coefficient (Wildman–Crippen LogP) is 6.24. The molecule has 0 N–H and O–H groups in total. The smallest absolute Gasteiger partial charge is 0.240 e. The van der Waals surface area contributed by atoms with Gasteiger partial charge in [-0.1, -0.05) is 62.2 Å². The first-order valence-electron chi connectivity index (χ1n) is 11.2. The highest BCUT2D eigenvalue weighted by molar-refractivity contribution is 6.42. The Balaban J connectivity index is 1.61. The Morgan fingerprint density at radius 1 is 1.00 bits per heavy atom. The van der Waals surface area contributed by atoms with Gasteiger partial charge in [-0.15, -0.1) is 0 Å². The lowest BCUT2D eigenvalue weighted by molar-refractivity contribution is -0.128. The second kappa shape index (κ2) is 6.24. The molecule has 1 aromatic heterocycles. The Morgan fingerprint density at radius 2 is 1.62 bits per heavy atom. The monoisotopic (exact) mass is 465 g/mol. The van der Waals surface area contributed by atoms with Gasteiger partial charge in [0.25, 0.3) is 0 Å². The van der Waals surface area contributed by atoms with E-state index in [1.807, 2.05) is 17.0 Å². The first kappa shape index (κ1) is 20.4. The van der Waals surface area contributed by atoms with Crippen LogP contribution in [0.15, 0.2) is 36.4 Å². The highest BCUT2D eigenvalue weighted by Gasteiger charge is 2.74. The lowest BCUT2D eigenvalue weighted by Gasteiger charge is -2.42. The Hall–Kier alpha value is -2.17. The summed E-state index contributed by atoms with van der Waals surface area (Å²) in [4.78, 5) is 26.7. The lowest BCUT2D eigenvalue weighted by atomic mass is 9.63. The standard InChI is InChI=1S/C26H25Cl2N3O/c1-14-11-15-7-5-6-8-20(15)31(14)23(32)26-10-9-25(4,24(26,2)3)21-22(26)30-19-13-17(28)16(27)12-18(19)29-21/h5-8,12-14H,9-11H2,1-4H3. The van der Waals surface area contributed by atoms with Gasteiger partial charge in [-0.25, -0.2) is 9.97 Å². The van der Waals surface area contributed by atoms with Crippen LogP contribution in [-0.2, 0) is 22.0 Å². The number of hydrogen-bond acceptors (Lipinski definition) is 3. The summed E-state index contributed by atoms with van der Waals surface area (Å²) in [5.74, 6) is 0.149. The number of benzene rings is 2. The zero-order valence-corrected chi connectivity index (χ0v) is 20.2. The van der Waals surface area contributed by atoms with Crippen molar-refractivity contribution >= 4 is 45.8 Å². The van der Waals surface area contributed by atoms with Crippen LogP contribution < -0.4 is 4.90 Å². The van der Waals surface area contributed by atoms with Gasteiger partial charge in [-0.2, -0.15) is 0 Å². The fourth-order valence-corrected chi connectivity index (χ4v) is 6.97. The van der Waals surface area contributed by atoms with Crippen LogP contribution in [0.1, 0.15) is 57.5 Å². The van der Waals surface area contributed by atoms with Gasteiger partial charge >= 0.3 is 0 Å². The van der Waals surface area contributed by atoms with E-state index in [-0.39, 0.29) is 22.8 Å². The fraction of sp³-hybridized carbons (Fsp3) is 0.423. The number of rotatable bonds is 1. The first-order valence-corrected chi connectivity index (χ1v) is 12.0. The van der Waals surface area contributed by atoms with Crippen molar-refractivity contribution in [2.75, 3.05) is 4.90 Å². The van der Waals surface area contributed by atoms with Gasteiger partial charge in [0.1, 0.15) is 0 Å². The zero-order chi connectivity index (χ0) is 22.6. The summed E-state index contributed by atoms with van der Waals surface area (Å²) in [6, 6.07) is 11.9. The van der Waals surface area contributed by atoms with Gasteiger partial charge in [0, 0.05) is 17.1 Å². The summed E-state index contributed by atoms with van der Waals surface area (Å²) in [5, 5.41) is 0.916. The second-order valence-corrected chi connectivity index (χ2v) is 11.2. The van der Waals surface area contributed by atoms with Crippen molar-refractivity contribution in [2.24, 2.45) is 5.41 Å². The SMILES string of the molecule is CC1Cc2ccccc2N1C(=O)C12CCC(C)(c3nc4cc(Cl)c(Cl)cc4nc31)C2(C)C.